The first-order chi connectivity index (χ1) is 10.9. The second-order valence-corrected chi connectivity index (χ2v) is 8.22. The highest BCUT2D eigenvalue weighted by molar-refractivity contribution is 5.78. The van der Waals surface area contributed by atoms with Gasteiger partial charge in [-0.2, -0.15) is 0 Å². The largest absolute Gasteiger partial charge is 0.0619 e. The van der Waals surface area contributed by atoms with Crippen molar-refractivity contribution in [3.63, 3.8) is 0 Å². The van der Waals surface area contributed by atoms with Gasteiger partial charge in [-0.25, -0.2) is 0 Å². The van der Waals surface area contributed by atoms with Gasteiger partial charge in [0.15, 0.2) is 0 Å². The molecule has 22 heavy (non-hydrogen) atoms. The third-order valence-corrected chi connectivity index (χ3v) is 7.82. The molecule has 2 aromatic carbocycles. The smallest absolute Gasteiger partial charge is 0.00873 e. The molecule has 3 saturated carbocycles. The minimum absolute atomic E-state index is 0.485. The van der Waals surface area contributed by atoms with Crippen LogP contribution in [-0.2, 0) is 5.41 Å². The van der Waals surface area contributed by atoms with Crippen molar-refractivity contribution >= 4 is 0 Å². The van der Waals surface area contributed by atoms with Crippen LogP contribution in [-0.4, -0.2) is 0 Å². The van der Waals surface area contributed by atoms with Crippen molar-refractivity contribution in [2.24, 2.45) is 11.3 Å². The Morgan fingerprint density at radius 3 is 2.50 bits per heavy atom. The van der Waals surface area contributed by atoms with Crippen LogP contribution in [0.5, 0.6) is 0 Å². The van der Waals surface area contributed by atoms with E-state index in [1.165, 1.54) is 44.1 Å². The molecule has 0 N–H and O–H groups in total. The molecule has 0 heterocycles. The zero-order valence-electron chi connectivity index (χ0n) is 13.0. The van der Waals surface area contributed by atoms with Gasteiger partial charge in [0.25, 0.3) is 0 Å². The molecule has 4 aliphatic rings. The van der Waals surface area contributed by atoms with Gasteiger partial charge in [0.05, 0.1) is 0 Å². The maximum Gasteiger partial charge on any atom is 0.00873 e. The van der Waals surface area contributed by atoms with Gasteiger partial charge in [0.1, 0.15) is 0 Å². The van der Waals surface area contributed by atoms with Crippen LogP contribution in [0.3, 0.4) is 0 Å². The van der Waals surface area contributed by atoms with E-state index in [1.54, 1.807) is 16.7 Å². The normalized spacial score (nSPS) is 40.0. The summed E-state index contributed by atoms with van der Waals surface area (Å²) in [6, 6.07) is 18.7. The minimum Gasteiger partial charge on any atom is -0.0619 e. The van der Waals surface area contributed by atoms with Gasteiger partial charge in [0, 0.05) is 5.41 Å². The fourth-order valence-corrected chi connectivity index (χ4v) is 7.19. The average Bonchev–Trinajstić information content (AvgIpc) is 2.71. The molecule has 0 aromatic heterocycles. The van der Waals surface area contributed by atoms with E-state index in [1.807, 2.05) is 0 Å². The minimum atomic E-state index is 0.485. The standard InChI is InChI=1S/C22H22/c1-2-9-18-16(7-1)17-8-3-4-10-19(17)22-13-12-21(22)11-5-6-15(14-21)20(18)22/h1-4,7-10,15,20H,5-6,11-14H2/t15-,20?,21?,22?/m0/s1. The third kappa shape index (κ3) is 1.07. The van der Waals surface area contributed by atoms with Crippen LogP contribution in [0.25, 0.3) is 11.1 Å². The lowest BCUT2D eigenvalue weighted by Gasteiger charge is -2.61. The van der Waals surface area contributed by atoms with Crippen LogP contribution in [0.2, 0.25) is 0 Å². The maximum absolute atomic E-state index is 2.47. The fraction of sp³-hybridized carbons (Fsp3) is 0.455. The van der Waals surface area contributed by atoms with Gasteiger partial charge in [-0.15, -0.1) is 0 Å². The SMILES string of the molecule is c1ccc2c(c1)-c1ccccc1C13CCC14CCC[C@@H](C4)C23. The molecule has 0 radical (unpaired) electrons. The first-order valence-electron chi connectivity index (χ1n) is 9.05. The van der Waals surface area contributed by atoms with Crippen molar-refractivity contribution in [2.45, 2.75) is 49.9 Å². The average molecular weight is 286 g/mol. The lowest BCUT2D eigenvalue weighted by atomic mass is 9.42. The molecule has 0 aliphatic heterocycles. The molecule has 2 bridgehead atoms. The molecule has 4 atom stereocenters. The van der Waals surface area contributed by atoms with Crippen LogP contribution < -0.4 is 0 Å². The summed E-state index contributed by atoms with van der Waals surface area (Å²) < 4.78 is 0. The van der Waals surface area contributed by atoms with Gasteiger partial charge in [-0.05, 0) is 71.6 Å². The van der Waals surface area contributed by atoms with Crippen molar-refractivity contribution in [3.05, 3.63) is 59.7 Å². The second-order valence-electron chi connectivity index (χ2n) is 8.22. The summed E-state index contributed by atoms with van der Waals surface area (Å²) >= 11 is 0. The summed E-state index contributed by atoms with van der Waals surface area (Å²) in [5.41, 5.74) is 7.58. The van der Waals surface area contributed by atoms with Crippen LogP contribution >= 0.6 is 0 Å². The van der Waals surface area contributed by atoms with E-state index in [4.69, 9.17) is 0 Å². The summed E-state index contributed by atoms with van der Waals surface area (Å²) in [4.78, 5) is 0. The Morgan fingerprint density at radius 1 is 0.818 bits per heavy atom. The lowest BCUT2D eigenvalue weighted by molar-refractivity contribution is -0.00119. The van der Waals surface area contributed by atoms with E-state index in [9.17, 15) is 0 Å². The predicted octanol–water partition coefficient (Wildman–Crippen LogP) is 5.67. The Bertz CT molecular complexity index is 788. The number of hydrogen-bond donors (Lipinski definition) is 0. The first kappa shape index (κ1) is 11.9. The topological polar surface area (TPSA) is 0 Å². The van der Waals surface area contributed by atoms with Crippen LogP contribution in [0, 0.1) is 11.3 Å². The highest BCUT2D eigenvalue weighted by Crippen LogP contribution is 2.80. The Morgan fingerprint density at radius 2 is 1.64 bits per heavy atom. The molecule has 2 aromatic rings. The zero-order valence-corrected chi connectivity index (χ0v) is 13.0. The molecular weight excluding hydrogens is 264 g/mol. The third-order valence-electron chi connectivity index (χ3n) is 7.82. The molecule has 3 fully saturated rings. The maximum atomic E-state index is 2.47. The molecule has 2 spiro atoms. The van der Waals surface area contributed by atoms with E-state index in [0.29, 0.717) is 10.8 Å². The molecule has 3 unspecified atom stereocenters. The zero-order chi connectivity index (χ0) is 14.4. The van der Waals surface area contributed by atoms with Crippen molar-refractivity contribution in [1.29, 1.82) is 0 Å². The lowest BCUT2D eigenvalue weighted by Crippen LogP contribution is -2.54. The van der Waals surface area contributed by atoms with Gasteiger partial charge < -0.3 is 0 Å². The van der Waals surface area contributed by atoms with Crippen molar-refractivity contribution in [2.75, 3.05) is 0 Å². The summed E-state index contributed by atoms with van der Waals surface area (Å²) in [6.45, 7) is 0. The van der Waals surface area contributed by atoms with Gasteiger partial charge in [-0.1, -0.05) is 55.0 Å². The van der Waals surface area contributed by atoms with Gasteiger partial charge in [0.2, 0.25) is 0 Å². The van der Waals surface area contributed by atoms with E-state index >= 15 is 0 Å². The quantitative estimate of drug-likeness (QED) is 0.585. The fourth-order valence-electron chi connectivity index (χ4n) is 7.19. The summed E-state index contributed by atoms with van der Waals surface area (Å²) in [5, 5.41) is 0. The van der Waals surface area contributed by atoms with Crippen LogP contribution in [0.1, 0.15) is 55.6 Å². The second kappa shape index (κ2) is 3.67. The molecule has 0 saturated heterocycles. The Kier molecular flexibility index (Phi) is 1.99. The summed E-state index contributed by atoms with van der Waals surface area (Å²) in [6.07, 6.45) is 8.82. The van der Waals surface area contributed by atoms with E-state index < -0.39 is 0 Å². The van der Waals surface area contributed by atoms with Crippen molar-refractivity contribution in [1.82, 2.24) is 0 Å². The molecule has 0 heteroatoms. The first-order valence-corrected chi connectivity index (χ1v) is 9.05. The monoisotopic (exact) mass is 286 g/mol. The van der Waals surface area contributed by atoms with Crippen LogP contribution in [0.4, 0.5) is 0 Å². The highest BCUT2D eigenvalue weighted by Gasteiger charge is 2.71. The summed E-state index contributed by atoms with van der Waals surface area (Å²) in [7, 11) is 0. The van der Waals surface area contributed by atoms with Gasteiger partial charge >= 0.3 is 0 Å². The number of hydrogen-bond acceptors (Lipinski definition) is 0. The van der Waals surface area contributed by atoms with Gasteiger partial charge in [-0.3, -0.25) is 0 Å². The predicted molar refractivity (Wildman–Crippen MR) is 89.9 cm³/mol. The number of rotatable bonds is 0. The number of benzene rings is 2. The Hall–Kier alpha value is -1.56. The van der Waals surface area contributed by atoms with Crippen molar-refractivity contribution < 1.29 is 0 Å². The van der Waals surface area contributed by atoms with Crippen molar-refractivity contribution in [3.8, 4) is 11.1 Å². The summed E-state index contributed by atoms with van der Waals surface area (Å²) in [5.74, 6) is 1.74. The van der Waals surface area contributed by atoms with E-state index in [0.717, 1.165) is 11.8 Å². The highest BCUT2D eigenvalue weighted by atomic mass is 14.7. The number of fused-ring (bicyclic) bond motifs is 6. The molecule has 0 amide bonds. The molecule has 6 rings (SSSR count). The molecule has 110 valence electrons. The molecular formula is C22H22. The van der Waals surface area contributed by atoms with E-state index in [2.05, 4.69) is 48.5 Å². The molecule has 0 nitrogen and oxygen atoms in total. The van der Waals surface area contributed by atoms with E-state index in [-0.39, 0.29) is 0 Å². The Balaban J connectivity index is 1.74. The Labute approximate surface area is 132 Å². The van der Waals surface area contributed by atoms with Crippen LogP contribution in [0.15, 0.2) is 48.5 Å². The molecule has 4 aliphatic carbocycles.